The van der Waals surface area contributed by atoms with Gasteiger partial charge in [-0.05, 0) is 30.3 Å². The second kappa shape index (κ2) is 4.17. The van der Waals surface area contributed by atoms with Crippen molar-refractivity contribution in [1.82, 2.24) is 4.98 Å². The van der Waals surface area contributed by atoms with Gasteiger partial charge in [-0.3, -0.25) is 0 Å². The summed E-state index contributed by atoms with van der Waals surface area (Å²) >= 11 is 9.47. The van der Waals surface area contributed by atoms with E-state index in [9.17, 15) is 0 Å². The molecule has 2 aromatic carbocycles. The van der Waals surface area contributed by atoms with Gasteiger partial charge in [-0.15, -0.1) is 0 Å². The molecule has 84 valence electrons. The Labute approximate surface area is 111 Å². The smallest absolute Gasteiger partial charge is 0.227 e. The van der Waals surface area contributed by atoms with Crippen molar-refractivity contribution < 1.29 is 4.42 Å². The highest BCUT2D eigenvalue weighted by molar-refractivity contribution is 9.10. The number of rotatable bonds is 1. The van der Waals surface area contributed by atoms with Crippen molar-refractivity contribution in [3.05, 3.63) is 52.0 Å². The van der Waals surface area contributed by atoms with Gasteiger partial charge in [0.15, 0.2) is 5.58 Å². The predicted molar refractivity (Wildman–Crippen MR) is 72.2 cm³/mol. The molecule has 0 bridgehead atoms. The van der Waals surface area contributed by atoms with Gasteiger partial charge in [-0.1, -0.05) is 39.7 Å². The van der Waals surface area contributed by atoms with Crippen molar-refractivity contribution >= 4 is 38.6 Å². The summed E-state index contributed by atoms with van der Waals surface area (Å²) in [5.41, 5.74) is 2.32. The van der Waals surface area contributed by atoms with Crippen molar-refractivity contribution in [1.29, 1.82) is 0 Å². The fourth-order valence-corrected chi connectivity index (χ4v) is 2.27. The minimum Gasteiger partial charge on any atom is -0.435 e. The predicted octanol–water partition coefficient (Wildman–Crippen LogP) is 4.91. The fraction of sp³-hybridized carbons (Fsp3) is 0. The summed E-state index contributed by atoms with van der Waals surface area (Å²) < 4.78 is 6.67. The summed E-state index contributed by atoms with van der Waals surface area (Å²) in [4.78, 5) is 4.41. The van der Waals surface area contributed by atoms with Crippen molar-refractivity contribution in [3.8, 4) is 11.5 Å². The first kappa shape index (κ1) is 10.8. The lowest BCUT2D eigenvalue weighted by atomic mass is 10.2. The molecule has 0 saturated heterocycles. The van der Waals surface area contributed by atoms with Crippen LogP contribution in [0.25, 0.3) is 22.6 Å². The number of nitrogens with zero attached hydrogens (tertiary/aromatic N) is 1. The van der Waals surface area contributed by atoms with Crippen LogP contribution in [0.5, 0.6) is 0 Å². The van der Waals surface area contributed by atoms with Crippen LogP contribution in [0.4, 0.5) is 0 Å². The van der Waals surface area contributed by atoms with Gasteiger partial charge in [-0.2, -0.15) is 0 Å². The third-order valence-corrected chi connectivity index (χ3v) is 3.23. The van der Waals surface area contributed by atoms with Gasteiger partial charge >= 0.3 is 0 Å². The van der Waals surface area contributed by atoms with E-state index in [1.165, 1.54) is 0 Å². The summed E-state index contributed by atoms with van der Waals surface area (Å²) in [6, 6.07) is 13.3. The molecule has 0 N–H and O–H groups in total. The third kappa shape index (κ3) is 1.96. The van der Waals surface area contributed by atoms with Crippen molar-refractivity contribution in [2.45, 2.75) is 0 Å². The highest BCUT2D eigenvalue weighted by Crippen LogP contribution is 2.29. The first-order valence-corrected chi connectivity index (χ1v) is 6.22. The SMILES string of the molecule is Clc1cccc2nc(-c3cccc(Br)c3)oc12. The monoisotopic (exact) mass is 307 g/mol. The quantitative estimate of drug-likeness (QED) is 0.638. The Morgan fingerprint density at radius 1 is 1.12 bits per heavy atom. The molecular formula is C13H7BrClNO. The van der Waals surface area contributed by atoms with Crippen LogP contribution >= 0.6 is 27.5 Å². The zero-order valence-corrected chi connectivity index (χ0v) is 11.0. The molecule has 0 aliphatic rings. The molecule has 0 radical (unpaired) electrons. The molecule has 0 aliphatic carbocycles. The van der Waals surface area contributed by atoms with Gasteiger partial charge in [0.25, 0.3) is 0 Å². The summed E-state index contributed by atoms with van der Waals surface area (Å²) in [7, 11) is 0. The van der Waals surface area contributed by atoms with E-state index in [0.717, 1.165) is 15.6 Å². The van der Waals surface area contributed by atoms with Crippen LogP contribution in [-0.4, -0.2) is 4.98 Å². The Hall–Kier alpha value is -1.32. The van der Waals surface area contributed by atoms with Crippen LogP contribution in [0.2, 0.25) is 5.02 Å². The van der Waals surface area contributed by atoms with Crippen molar-refractivity contribution in [2.24, 2.45) is 0 Å². The highest BCUT2D eigenvalue weighted by atomic mass is 79.9. The van der Waals surface area contributed by atoms with Gasteiger partial charge in [-0.25, -0.2) is 4.98 Å². The van der Waals surface area contributed by atoms with Crippen LogP contribution in [0.15, 0.2) is 51.4 Å². The van der Waals surface area contributed by atoms with E-state index < -0.39 is 0 Å². The van der Waals surface area contributed by atoms with Crippen LogP contribution in [0.3, 0.4) is 0 Å². The summed E-state index contributed by atoms with van der Waals surface area (Å²) in [5, 5.41) is 0.580. The molecule has 0 spiro atoms. The zero-order chi connectivity index (χ0) is 11.8. The number of halogens is 2. The molecule has 0 atom stereocenters. The number of para-hydroxylation sites is 1. The average Bonchev–Trinajstić information content (AvgIpc) is 2.74. The number of hydrogen-bond donors (Lipinski definition) is 0. The fourth-order valence-electron chi connectivity index (χ4n) is 1.66. The topological polar surface area (TPSA) is 26.0 Å². The number of hydrogen-bond acceptors (Lipinski definition) is 2. The molecular weight excluding hydrogens is 302 g/mol. The second-order valence-electron chi connectivity index (χ2n) is 3.62. The molecule has 0 saturated carbocycles. The van der Waals surface area contributed by atoms with E-state index in [1.807, 2.05) is 36.4 Å². The molecule has 1 heterocycles. The van der Waals surface area contributed by atoms with Crippen LogP contribution in [0, 0.1) is 0 Å². The van der Waals surface area contributed by atoms with E-state index in [4.69, 9.17) is 16.0 Å². The molecule has 4 heteroatoms. The highest BCUT2D eigenvalue weighted by Gasteiger charge is 2.10. The summed E-state index contributed by atoms with van der Waals surface area (Å²) in [6.07, 6.45) is 0. The Kier molecular flexibility index (Phi) is 2.65. The molecule has 17 heavy (non-hydrogen) atoms. The van der Waals surface area contributed by atoms with E-state index in [-0.39, 0.29) is 0 Å². The molecule has 2 nitrogen and oxygen atoms in total. The average molecular weight is 309 g/mol. The normalized spacial score (nSPS) is 10.9. The van der Waals surface area contributed by atoms with Crippen LogP contribution in [0.1, 0.15) is 0 Å². The molecule has 0 fully saturated rings. The number of aromatic nitrogens is 1. The number of oxazole rings is 1. The summed E-state index contributed by atoms with van der Waals surface area (Å²) in [5.74, 6) is 0.578. The third-order valence-electron chi connectivity index (χ3n) is 2.44. The molecule has 0 amide bonds. The van der Waals surface area contributed by atoms with E-state index in [1.54, 1.807) is 6.07 Å². The lowest BCUT2D eigenvalue weighted by molar-refractivity contribution is 0.620. The first-order chi connectivity index (χ1) is 8.24. The van der Waals surface area contributed by atoms with Crippen LogP contribution in [-0.2, 0) is 0 Å². The van der Waals surface area contributed by atoms with Gasteiger partial charge in [0.1, 0.15) is 5.52 Å². The lowest BCUT2D eigenvalue weighted by Crippen LogP contribution is -1.76. The Bertz CT molecular complexity index is 693. The maximum Gasteiger partial charge on any atom is 0.227 e. The van der Waals surface area contributed by atoms with Crippen molar-refractivity contribution in [2.75, 3.05) is 0 Å². The van der Waals surface area contributed by atoms with Gasteiger partial charge < -0.3 is 4.42 Å². The Balaban J connectivity index is 2.22. The molecule has 0 aliphatic heterocycles. The lowest BCUT2D eigenvalue weighted by Gasteiger charge is -1.95. The Morgan fingerprint density at radius 2 is 1.94 bits per heavy atom. The standard InChI is InChI=1S/C13H7BrClNO/c14-9-4-1-3-8(7-9)13-16-11-6-2-5-10(15)12(11)17-13/h1-7H. The first-order valence-electron chi connectivity index (χ1n) is 5.05. The van der Waals surface area contributed by atoms with Crippen molar-refractivity contribution in [3.63, 3.8) is 0 Å². The largest absolute Gasteiger partial charge is 0.435 e. The van der Waals surface area contributed by atoms with Gasteiger partial charge in [0, 0.05) is 10.0 Å². The number of fused-ring (bicyclic) bond motifs is 1. The molecule has 1 aromatic heterocycles. The molecule has 3 aromatic rings. The van der Waals surface area contributed by atoms with E-state index >= 15 is 0 Å². The maximum absolute atomic E-state index is 6.05. The molecule has 3 rings (SSSR count). The van der Waals surface area contributed by atoms with Crippen LogP contribution < -0.4 is 0 Å². The minimum atomic E-state index is 0.578. The van der Waals surface area contributed by atoms with Gasteiger partial charge in [0.05, 0.1) is 5.02 Å². The minimum absolute atomic E-state index is 0.578. The molecule has 0 unspecified atom stereocenters. The van der Waals surface area contributed by atoms with Gasteiger partial charge in [0.2, 0.25) is 5.89 Å². The second-order valence-corrected chi connectivity index (χ2v) is 4.94. The Morgan fingerprint density at radius 3 is 2.71 bits per heavy atom. The maximum atomic E-state index is 6.05. The zero-order valence-electron chi connectivity index (χ0n) is 8.65. The summed E-state index contributed by atoms with van der Waals surface area (Å²) in [6.45, 7) is 0. The van der Waals surface area contributed by atoms with E-state index in [2.05, 4.69) is 20.9 Å². The number of benzene rings is 2. The van der Waals surface area contributed by atoms with E-state index in [0.29, 0.717) is 16.5 Å².